The molecule has 0 saturated heterocycles. The van der Waals surface area contributed by atoms with Crippen LogP contribution in [0.4, 0.5) is 14.5 Å². The van der Waals surface area contributed by atoms with E-state index in [2.05, 4.69) is 5.10 Å². The van der Waals surface area contributed by atoms with Gasteiger partial charge in [-0.3, -0.25) is 10.1 Å². The summed E-state index contributed by atoms with van der Waals surface area (Å²) in [4.78, 5) is 9.67. The molecule has 0 aliphatic rings. The molecule has 5 nitrogen and oxygen atoms in total. The Kier molecular flexibility index (Phi) is 3.79. The Balaban J connectivity index is 3.35. The van der Waals surface area contributed by atoms with E-state index >= 15 is 0 Å². The summed E-state index contributed by atoms with van der Waals surface area (Å²) in [5, 5.41) is 13.7. The molecule has 0 amide bonds. The largest absolute Gasteiger partial charge is 0.335 e. The Bertz CT molecular complexity index is 408. The Morgan fingerprint density at radius 2 is 2.19 bits per heavy atom. The van der Waals surface area contributed by atoms with E-state index in [4.69, 9.17) is 11.6 Å². The summed E-state index contributed by atoms with van der Waals surface area (Å²) in [5.74, 6) is 0. The predicted molar refractivity (Wildman–Crippen MR) is 53.9 cm³/mol. The van der Waals surface area contributed by atoms with Crippen LogP contribution >= 0.6 is 11.6 Å². The van der Waals surface area contributed by atoms with Gasteiger partial charge in [0.15, 0.2) is 0 Å². The number of hydrogen-bond acceptors (Lipinski definition) is 3. The van der Waals surface area contributed by atoms with Crippen LogP contribution in [0, 0.1) is 10.1 Å². The molecule has 1 atom stereocenters. The van der Waals surface area contributed by atoms with Gasteiger partial charge >= 0.3 is 5.69 Å². The van der Waals surface area contributed by atoms with E-state index in [-0.39, 0.29) is 11.2 Å². The molecule has 0 aliphatic carbocycles. The second-order valence-electron chi connectivity index (χ2n) is 3.28. The van der Waals surface area contributed by atoms with Gasteiger partial charge < -0.3 is 0 Å². The molecule has 0 aromatic carbocycles. The van der Waals surface area contributed by atoms with Gasteiger partial charge in [0, 0.05) is 0 Å². The number of rotatable bonds is 4. The first kappa shape index (κ1) is 12.8. The Morgan fingerprint density at radius 3 is 2.50 bits per heavy atom. The lowest BCUT2D eigenvalue weighted by Crippen LogP contribution is -2.06. The molecule has 0 spiro atoms. The highest BCUT2D eigenvalue weighted by Gasteiger charge is 2.33. The SMILES string of the molecule is CCC(C)n1nc(C(F)F)c([N+](=O)[O-])c1Cl. The summed E-state index contributed by atoms with van der Waals surface area (Å²) in [5.41, 5.74) is -1.69. The minimum absolute atomic E-state index is 0.265. The third kappa shape index (κ3) is 2.13. The van der Waals surface area contributed by atoms with Crippen molar-refractivity contribution in [3.8, 4) is 0 Å². The van der Waals surface area contributed by atoms with Gasteiger partial charge in [-0.2, -0.15) is 5.10 Å². The van der Waals surface area contributed by atoms with Crippen molar-refractivity contribution in [2.75, 3.05) is 0 Å². The first-order chi connectivity index (χ1) is 7.40. The monoisotopic (exact) mass is 253 g/mol. The predicted octanol–water partition coefficient (Wildman–Crippen LogP) is 3.35. The van der Waals surface area contributed by atoms with Gasteiger partial charge in [-0.25, -0.2) is 13.5 Å². The summed E-state index contributed by atoms with van der Waals surface area (Å²) in [6.07, 6.45) is -2.43. The Hall–Kier alpha value is -1.24. The fraction of sp³-hybridized carbons (Fsp3) is 0.625. The molecule has 8 heteroatoms. The number of nitro groups is 1. The van der Waals surface area contributed by atoms with Crippen LogP contribution in [-0.2, 0) is 0 Å². The van der Waals surface area contributed by atoms with Crippen LogP contribution in [0.25, 0.3) is 0 Å². The second-order valence-corrected chi connectivity index (χ2v) is 3.64. The van der Waals surface area contributed by atoms with Gasteiger partial charge in [-0.15, -0.1) is 0 Å². The number of nitrogens with zero attached hydrogens (tertiary/aromatic N) is 3. The minimum atomic E-state index is -3.01. The molecule has 1 heterocycles. The first-order valence-corrected chi connectivity index (χ1v) is 4.98. The third-order valence-corrected chi connectivity index (χ3v) is 2.60. The summed E-state index contributed by atoms with van der Waals surface area (Å²) in [6, 6.07) is -0.265. The van der Waals surface area contributed by atoms with E-state index in [1.807, 2.05) is 0 Å². The minimum Gasteiger partial charge on any atom is -0.258 e. The van der Waals surface area contributed by atoms with Crippen molar-refractivity contribution >= 4 is 17.3 Å². The van der Waals surface area contributed by atoms with Gasteiger partial charge in [-0.1, -0.05) is 18.5 Å². The van der Waals surface area contributed by atoms with Crippen LogP contribution in [-0.4, -0.2) is 14.7 Å². The lowest BCUT2D eigenvalue weighted by atomic mass is 10.3. The van der Waals surface area contributed by atoms with Crippen LogP contribution in [0.2, 0.25) is 5.15 Å². The normalized spacial score (nSPS) is 13.1. The highest BCUT2D eigenvalue weighted by molar-refractivity contribution is 6.31. The summed E-state index contributed by atoms with van der Waals surface area (Å²) < 4.78 is 26.1. The molecule has 90 valence electrons. The highest BCUT2D eigenvalue weighted by atomic mass is 35.5. The quantitative estimate of drug-likeness (QED) is 0.611. The van der Waals surface area contributed by atoms with E-state index < -0.39 is 22.7 Å². The maximum Gasteiger partial charge on any atom is 0.335 e. The van der Waals surface area contributed by atoms with Gasteiger partial charge in [-0.05, 0) is 13.3 Å². The molecule has 0 N–H and O–H groups in total. The molecular formula is C8H10ClF2N3O2. The molecular weight excluding hydrogens is 244 g/mol. The number of halogens is 3. The van der Waals surface area contributed by atoms with E-state index in [0.717, 1.165) is 4.68 Å². The van der Waals surface area contributed by atoms with Crippen LogP contribution < -0.4 is 0 Å². The molecule has 0 saturated carbocycles. The van der Waals surface area contributed by atoms with Crippen molar-refractivity contribution in [1.82, 2.24) is 9.78 Å². The zero-order valence-electron chi connectivity index (χ0n) is 8.65. The first-order valence-electron chi connectivity index (χ1n) is 4.60. The lowest BCUT2D eigenvalue weighted by molar-refractivity contribution is -0.386. The topological polar surface area (TPSA) is 61.0 Å². The molecule has 1 rings (SSSR count). The van der Waals surface area contributed by atoms with Crippen LogP contribution in [0.1, 0.15) is 38.4 Å². The maximum atomic E-state index is 12.5. The summed E-state index contributed by atoms with van der Waals surface area (Å²) >= 11 is 5.67. The number of aromatic nitrogens is 2. The van der Waals surface area contributed by atoms with Crippen molar-refractivity contribution in [2.24, 2.45) is 0 Å². The number of hydrogen-bond donors (Lipinski definition) is 0. The van der Waals surface area contributed by atoms with Gasteiger partial charge in [0.05, 0.1) is 11.0 Å². The zero-order valence-corrected chi connectivity index (χ0v) is 9.41. The third-order valence-electron chi connectivity index (χ3n) is 2.25. The molecule has 1 aromatic rings. The van der Waals surface area contributed by atoms with Crippen LogP contribution in [0.15, 0.2) is 0 Å². The number of alkyl halides is 2. The smallest absolute Gasteiger partial charge is 0.258 e. The van der Waals surface area contributed by atoms with E-state index in [1.54, 1.807) is 13.8 Å². The van der Waals surface area contributed by atoms with Crippen LogP contribution in [0.3, 0.4) is 0 Å². The molecule has 1 aromatic heterocycles. The summed E-state index contributed by atoms with van der Waals surface area (Å²) in [7, 11) is 0. The summed E-state index contributed by atoms with van der Waals surface area (Å²) in [6.45, 7) is 3.49. The zero-order chi connectivity index (χ0) is 12.5. The van der Waals surface area contributed by atoms with Crippen molar-refractivity contribution in [3.63, 3.8) is 0 Å². The fourth-order valence-electron chi connectivity index (χ4n) is 1.20. The lowest BCUT2D eigenvalue weighted by Gasteiger charge is -2.08. The Morgan fingerprint density at radius 1 is 1.62 bits per heavy atom. The maximum absolute atomic E-state index is 12.5. The van der Waals surface area contributed by atoms with Crippen LogP contribution in [0.5, 0.6) is 0 Å². The average molecular weight is 254 g/mol. The highest BCUT2D eigenvalue weighted by Crippen LogP contribution is 2.36. The molecule has 16 heavy (non-hydrogen) atoms. The van der Waals surface area contributed by atoms with Gasteiger partial charge in [0.1, 0.15) is 0 Å². The van der Waals surface area contributed by atoms with Crippen molar-refractivity contribution in [1.29, 1.82) is 0 Å². The molecule has 1 unspecified atom stereocenters. The Labute approximate surface area is 95.2 Å². The van der Waals surface area contributed by atoms with Gasteiger partial charge in [0.25, 0.3) is 6.43 Å². The molecule has 0 radical (unpaired) electrons. The molecule has 0 fully saturated rings. The fourth-order valence-corrected chi connectivity index (χ4v) is 1.57. The van der Waals surface area contributed by atoms with E-state index in [9.17, 15) is 18.9 Å². The average Bonchev–Trinajstić information content (AvgIpc) is 2.55. The van der Waals surface area contributed by atoms with Gasteiger partial charge in [0.2, 0.25) is 10.8 Å². The standard InChI is InChI=1S/C8H10ClF2N3O2/c1-3-4(2)13-7(9)6(14(15)16)5(12-13)8(10)11/h4,8H,3H2,1-2H3. The van der Waals surface area contributed by atoms with Crippen molar-refractivity contribution in [2.45, 2.75) is 32.7 Å². The van der Waals surface area contributed by atoms with Crippen molar-refractivity contribution < 1.29 is 13.7 Å². The van der Waals surface area contributed by atoms with E-state index in [0.29, 0.717) is 6.42 Å². The van der Waals surface area contributed by atoms with E-state index in [1.165, 1.54) is 0 Å². The molecule has 0 aliphatic heterocycles. The molecule has 0 bridgehead atoms. The second kappa shape index (κ2) is 4.73. The van der Waals surface area contributed by atoms with Crippen molar-refractivity contribution in [3.05, 3.63) is 21.0 Å².